The van der Waals surface area contributed by atoms with Crippen molar-refractivity contribution in [2.45, 2.75) is 17.4 Å². The van der Waals surface area contributed by atoms with E-state index in [-0.39, 0.29) is 11.8 Å². The first-order valence-electron chi connectivity index (χ1n) is 6.51. The molecule has 0 radical (unpaired) electrons. The predicted octanol–water partition coefficient (Wildman–Crippen LogP) is 4.54. The number of fused-ring (bicyclic) bond motifs is 1. The lowest BCUT2D eigenvalue weighted by Crippen LogP contribution is -2.24. The molecule has 1 atom stereocenters. The second-order valence-electron chi connectivity index (χ2n) is 4.94. The molecule has 0 aromatic heterocycles. The monoisotopic (exact) mass is 429 g/mol. The summed E-state index contributed by atoms with van der Waals surface area (Å²) in [6.45, 7) is 0. The van der Waals surface area contributed by atoms with E-state index in [9.17, 15) is 8.42 Å². The summed E-state index contributed by atoms with van der Waals surface area (Å²) in [4.78, 5) is 0.442. The molecule has 0 aliphatic carbocycles. The minimum Gasteiger partial charge on any atom is -0.376 e. The van der Waals surface area contributed by atoms with Crippen LogP contribution in [0.3, 0.4) is 0 Å². The normalized spacial score (nSPS) is 19.8. The molecule has 1 N–H and O–H groups in total. The number of halogens is 2. The van der Waals surface area contributed by atoms with Crippen molar-refractivity contribution in [2.24, 2.45) is 0 Å². The molecule has 1 heterocycles. The number of benzene rings is 2. The number of para-hydroxylation sites is 1. The van der Waals surface area contributed by atoms with E-state index in [0.29, 0.717) is 11.3 Å². The maximum absolute atomic E-state index is 12.2. The van der Waals surface area contributed by atoms with Crippen LogP contribution in [0.15, 0.2) is 56.3 Å². The molecular weight excluding hydrogens is 418 g/mol. The summed E-state index contributed by atoms with van der Waals surface area (Å²) in [5.41, 5.74) is 1.78. The van der Waals surface area contributed by atoms with E-state index < -0.39 is 9.84 Å². The van der Waals surface area contributed by atoms with Crippen LogP contribution in [0.1, 0.15) is 18.0 Å². The Morgan fingerprint density at radius 1 is 1.00 bits per heavy atom. The van der Waals surface area contributed by atoms with Crippen LogP contribution in [0.2, 0.25) is 0 Å². The van der Waals surface area contributed by atoms with Gasteiger partial charge in [0.1, 0.15) is 0 Å². The molecule has 1 unspecified atom stereocenters. The van der Waals surface area contributed by atoms with Gasteiger partial charge in [-0.15, -0.1) is 0 Å². The van der Waals surface area contributed by atoms with Gasteiger partial charge < -0.3 is 5.32 Å². The lowest BCUT2D eigenvalue weighted by Gasteiger charge is -2.28. The Morgan fingerprint density at radius 2 is 1.67 bits per heavy atom. The highest BCUT2D eigenvalue weighted by atomic mass is 79.9. The minimum atomic E-state index is -3.15. The van der Waals surface area contributed by atoms with Crippen LogP contribution in [-0.4, -0.2) is 14.2 Å². The van der Waals surface area contributed by atoms with Crippen molar-refractivity contribution >= 4 is 47.4 Å². The second kappa shape index (κ2) is 5.74. The van der Waals surface area contributed by atoms with Crippen LogP contribution in [0.5, 0.6) is 0 Å². The van der Waals surface area contributed by atoms with Gasteiger partial charge in [0.15, 0.2) is 9.84 Å². The third-order valence-corrected chi connectivity index (χ3v) is 6.72. The summed E-state index contributed by atoms with van der Waals surface area (Å²) in [7, 11) is -3.15. The van der Waals surface area contributed by atoms with Crippen LogP contribution in [0.4, 0.5) is 5.69 Å². The zero-order chi connectivity index (χ0) is 15.0. The van der Waals surface area contributed by atoms with Crippen LogP contribution in [0, 0.1) is 0 Å². The maximum atomic E-state index is 12.2. The lowest BCUT2D eigenvalue weighted by molar-refractivity contribution is 0.576. The van der Waals surface area contributed by atoms with Gasteiger partial charge >= 0.3 is 0 Å². The van der Waals surface area contributed by atoms with Crippen molar-refractivity contribution < 1.29 is 8.42 Å². The van der Waals surface area contributed by atoms with E-state index in [1.165, 1.54) is 0 Å². The fourth-order valence-electron chi connectivity index (χ4n) is 2.55. The van der Waals surface area contributed by atoms with E-state index in [4.69, 9.17) is 0 Å². The van der Waals surface area contributed by atoms with E-state index in [2.05, 4.69) is 37.2 Å². The average Bonchev–Trinajstić information content (AvgIpc) is 2.45. The van der Waals surface area contributed by atoms with Gasteiger partial charge in [-0.1, -0.05) is 24.3 Å². The van der Waals surface area contributed by atoms with E-state index >= 15 is 0 Å². The summed E-state index contributed by atoms with van der Waals surface area (Å²) >= 11 is 7.05. The van der Waals surface area contributed by atoms with Crippen molar-refractivity contribution in [2.75, 3.05) is 11.1 Å². The summed E-state index contributed by atoms with van der Waals surface area (Å²) in [6, 6.07) is 13.1. The molecular formula is C15H13Br2NO2S. The fraction of sp³-hybridized carbons (Fsp3) is 0.200. The fourth-order valence-corrected chi connectivity index (χ4v) is 5.40. The SMILES string of the molecule is O=S1(=O)CCC(Nc2c(Br)cccc2Br)c2ccccc21. The van der Waals surface area contributed by atoms with Crippen LogP contribution in [0.25, 0.3) is 0 Å². The van der Waals surface area contributed by atoms with Gasteiger partial charge in [0.25, 0.3) is 0 Å². The van der Waals surface area contributed by atoms with Gasteiger partial charge in [-0.05, 0) is 62.0 Å². The molecule has 1 aliphatic rings. The molecule has 0 bridgehead atoms. The molecule has 2 aromatic rings. The number of sulfone groups is 1. The molecule has 0 saturated carbocycles. The first-order valence-corrected chi connectivity index (χ1v) is 9.75. The first kappa shape index (κ1) is 15.1. The Hall–Kier alpha value is -0.850. The molecule has 3 rings (SSSR count). The summed E-state index contributed by atoms with van der Waals surface area (Å²) in [6.07, 6.45) is 0.563. The van der Waals surface area contributed by atoms with Crippen LogP contribution < -0.4 is 5.32 Å². The molecule has 0 fully saturated rings. The average molecular weight is 431 g/mol. The van der Waals surface area contributed by atoms with Gasteiger partial charge in [-0.25, -0.2) is 8.42 Å². The first-order chi connectivity index (χ1) is 9.99. The van der Waals surface area contributed by atoms with Crippen molar-refractivity contribution in [3.63, 3.8) is 0 Å². The Balaban J connectivity index is 2.02. The van der Waals surface area contributed by atoms with Crippen LogP contribution in [-0.2, 0) is 9.84 Å². The zero-order valence-corrected chi connectivity index (χ0v) is 15.0. The molecule has 2 aromatic carbocycles. The Morgan fingerprint density at radius 3 is 2.38 bits per heavy atom. The molecule has 3 nitrogen and oxygen atoms in total. The van der Waals surface area contributed by atoms with Gasteiger partial charge in [-0.2, -0.15) is 0 Å². The third kappa shape index (κ3) is 2.89. The highest BCUT2D eigenvalue weighted by molar-refractivity contribution is 9.11. The minimum absolute atomic E-state index is 0.0141. The Bertz CT molecular complexity index is 770. The lowest BCUT2D eigenvalue weighted by atomic mass is 10.0. The van der Waals surface area contributed by atoms with E-state index in [1.54, 1.807) is 12.1 Å². The quantitative estimate of drug-likeness (QED) is 0.760. The van der Waals surface area contributed by atoms with E-state index in [0.717, 1.165) is 20.2 Å². The van der Waals surface area contributed by atoms with Gasteiger partial charge in [-0.3, -0.25) is 0 Å². The third-order valence-electron chi connectivity index (χ3n) is 3.59. The van der Waals surface area contributed by atoms with Gasteiger partial charge in [0.05, 0.1) is 22.4 Å². The molecule has 0 spiro atoms. The van der Waals surface area contributed by atoms with Gasteiger partial charge in [0.2, 0.25) is 0 Å². The maximum Gasteiger partial charge on any atom is 0.178 e. The zero-order valence-electron chi connectivity index (χ0n) is 11.0. The highest BCUT2D eigenvalue weighted by Gasteiger charge is 2.30. The number of hydrogen-bond acceptors (Lipinski definition) is 3. The van der Waals surface area contributed by atoms with Crippen LogP contribution >= 0.6 is 31.9 Å². The van der Waals surface area contributed by atoms with Crippen molar-refractivity contribution in [3.05, 3.63) is 57.0 Å². The molecule has 0 saturated heterocycles. The number of hydrogen-bond donors (Lipinski definition) is 1. The molecule has 1 aliphatic heterocycles. The topological polar surface area (TPSA) is 46.2 Å². The van der Waals surface area contributed by atoms with E-state index in [1.807, 2.05) is 30.3 Å². The standard InChI is InChI=1S/C15H13Br2NO2S/c16-11-5-3-6-12(17)15(11)18-13-8-9-21(19,20)14-7-2-1-4-10(13)14/h1-7,13,18H,8-9H2. The summed E-state index contributed by atoms with van der Waals surface area (Å²) < 4.78 is 26.2. The van der Waals surface area contributed by atoms with Crippen molar-refractivity contribution in [1.29, 1.82) is 0 Å². The Kier molecular flexibility index (Phi) is 4.12. The number of anilines is 1. The number of rotatable bonds is 2. The summed E-state index contributed by atoms with van der Waals surface area (Å²) in [5.74, 6) is 0.170. The molecule has 6 heteroatoms. The summed E-state index contributed by atoms with van der Waals surface area (Å²) in [5, 5.41) is 3.45. The largest absolute Gasteiger partial charge is 0.376 e. The molecule has 0 amide bonds. The second-order valence-corrected chi connectivity index (χ2v) is 8.73. The smallest absolute Gasteiger partial charge is 0.178 e. The number of nitrogens with one attached hydrogen (secondary N) is 1. The van der Waals surface area contributed by atoms with Crippen molar-refractivity contribution in [3.8, 4) is 0 Å². The molecule has 110 valence electrons. The molecule has 21 heavy (non-hydrogen) atoms. The van der Waals surface area contributed by atoms with Gasteiger partial charge in [0, 0.05) is 8.95 Å². The predicted molar refractivity (Wildman–Crippen MR) is 91.3 cm³/mol. The Labute approximate surface area is 140 Å². The van der Waals surface area contributed by atoms with Crippen molar-refractivity contribution in [1.82, 2.24) is 0 Å². The highest BCUT2D eigenvalue weighted by Crippen LogP contribution is 2.38.